The summed E-state index contributed by atoms with van der Waals surface area (Å²) in [7, 11) is 4.74. The first-order valence-electron chi connectivity index (χ1n) is 7.03. The summed E-state index contributed by atoms with van der Waals surface area (Å²) in [5.74, 6) is 2.38. The Morgan fingerprint density at radius 1 is 0.957 bits per heavy atom. The Morgan fingerprint density at radius 2 is 1.61 bits per heavy atom. The van der Waals surface area contributed by atoms with Crippen LogP contribution in [0.5, 0.6) is 17.2 Å². The molecule has 5 nitrogen and oxygen atoms in total. The number of benzene rings is 2. The van der Waals surface area contributed by atoms with Gasteiger partial charge in [0.15, 0.2) is 11.5 Å². The molecule has 0 amide bonds. The molecule has 0 bridgehead atoms. The predicted molar refractivity (Wildman–Crippen MR) is 90.9 cm³/mol. The Hall–Kier alpha value is -2.40. The highest BCUT2D eigenvalue weighted by Gasteiger charge is 2.16. The molecule has 0 radical (unpaired) electrons. The van der Waals surface area contributed by atoms with Gasteiger partial charge in [0.05, 0.1) is 31.9 Å². The lowest BCUT2D eigenvalue weighted by Gasteiger charge is -2.13. The normalized spacial score (nSPS) is 10.8. The standard InChI is InChI=1S/C17H17ClN2O3/c1-9-5-11(18)15-12(6-9)19-17(20-15)10-7-13(21-2)16(23-4)14(8-10)22-3/h5-8H,1-4H3,(H,19,20). The molecule has 0 spiro atoms. The van der Waals surface area contributed by atoms with E-state index in [0.717, 1.165) is 22.2 Å². The number of nitrogens with zero attached hydrogens (tertiary/aromatic N) is 1. The van der Waals surface area contributed by atoms with E-state index >= 15 is 0 Å². The van der Waals surface area contributed by atoms with Crippen LogP contribution in [0.2, 0.25) is 5.02 Å². The van der Waals surface area contributed by atoms with Crippen LogP contribution in [0.1, 0.15) is 5.56 Å². The van der Waals surface area contributed by atoms with Gasteiger partial charge in [-0.15, -0.1) is 0 Å². The summed E-state index contributed by atoms with van der Waals surface area (Å²) in [6.07, 6.45) is 0. The number of halogens is 1. The molecule has 2 aromatic carbocycles. The van der Waals surface area contributed by atoms with Crippen molar-refractivity contribution in [3.63, 3.8) is 0 Å². The van der Waals surface area contributed by atoms with E-state index in [0.29, 0.717) is 28.1 Å². The summed E-state index contributed by atoms with van der Waals surface area (Å²) >= 11 is 6.28. The fourth-order valence-corrected chi connectivity index (χ4v) is 2.88. The second-order valence-corrected chi connectivity index (χ2v) is 5.55. The van der Waals surface area contributed by atoms with Gasteiger partial charge >= 0.3 is 0 Å². The minimum atomic E-state index is 0.545. The lowest BCUT2D eigenvalue weighted by atomic mass is 10.1. The highest BCUT2D eigenvalue weighted by atomic mass is 35.5. The average Bonchev–Trinajstić information content (AvgIpc) is 2.97. The third-order valence-electron chi connectivity index (χ3n) is 3.62. The molecule has 0 atom stereocenters. The van der Waals surface area contributed by atoms with Crippen molar-refractivity contribution in [3.8, 4) is 28.6 Å². The number of nitrogens with one attached hydrogen (secondary N) is 1. The van der Waals surface area contributed by atoms with Crippen LogP contribution in [0.15, 0.2) is 24.3 Å². The van der Waals surface area contributed by atoms with Gasteiger partial charge in [0.1, 0.15) is 11.3 Å². The highest BCUT2D eigenvalue weighted by Crippen LogP contribution is 2.41. The molecule has 23 heavy (non-hydrogen) atoms. The van der Waals surface area contributed by atoms with Gasteiger partial charge in [-0.2, -0.15) is 0 Å². The molecule has 0 saturated heterocycles. The second-order valence-electron chi connectivity index (χ2n) is 5.14. The van der Waals surface area contributed by atoms with E-state index in [1.54, 1.807) is 21.3 Å². The zero-order valence-corrected chi connectivity index (χ0v) is 14.1. The lowest BCUT2D eigenvalue weighted by Crippen LogP contribution is -1.96. The van der Waals surface area contributed by atoms with Gasteiger partial charge in [0, 0.05) is 5.56 Å². The number of aromatic amines is 1. The van der Waals surface area contributed by atoms with Crippen molar-refractivity contribution in [2.24, 2.45) is 0 Å². The highest BCUT2D eigenvalue weighted by molar-refractivity contribution is 6.35. The molecule has 1 heterocycles. The number of methoxy groups -OCH3 is 3. The molecule has 0 saturated carbocycles. The molecular formula is C17H17ClN2O3. The number of H-pyrrole nitrogens is 1. The topological polar surface area (TPSA) is 56.4 Å². The van der Waals surface area contributed by atoms with Crippen LogP contribution in [0.25, 0.3) is 22.4 Å². The van der Waals surface area contributed by atoms with E-state index in [1.807, 2.05) is 31.2 Å². The molecule has 0 aliphatic carbocycles. The first-order valence-corrected chi connectivity index (χ1v) is 7.41. The number of imidazole rings is 1. The zero-order chi connectivity index (χ0) is 16.6. The van der Waals surface area contributed by atoms with Crippen LogP contribution < -0.4 is 14.2 Å². The van der Waals surface area contributed by atoms with Crippen molar-refractivity contribution in [1.82, 2.24) is 9.97 Å². The summed E-state index contributed by atoms with van der Waals surface area (Å²) in [5, 5.41) is 0.620. The average molecular weight is 333 g/mol. The fraction of sp³-hybridized carbons (Fsp3) is 0.235. The summed E-state index contributed by atoms with van der Waals surface area (Å²) in [6, 6.07) is 7.60. The quantitative estimate of drug-likeness (QED) is 0.777. The van der Waals surface area contributed by atoms with Crippen molar-refractivity contribution < 1.29 is 14.2 Å². The smallest absolute Gasteiger partial charge is 0.203 e. The monoisotopic (exact) mass is 332 g/mol. The maximum atomic E-state index is 6.28. The number of ether oxygens (including phenoxy) is 3. The molecule has 6 heteroatoms. The van der Waals surface area contributed by atoms with E-state index in [-0.39, 0.29) is 0 Å². The van der Waals surface area contributed by atoms with Crippen LogP contribution in [0.4, 0.5) is 0 Å². The minimum Gasteiger partial charge on any atom is -0.493 e. The SMILES string of the molecule is COc1cc(-c2nc3c(Cl)cc(C)cc3[nH]2)cc(OC)c1OC. The van der Waals surface area contributed by atoms with Crippen LogP contribution in [0.3, 0.4) is 0 Å². The van der Waals surface area contributed by atoms with E-state index in [9.17, 15) is 0 Å². The van der Waals surface area contributed by atoms with Gasteiger partial charge in [-0.1, -0.05) is 11.6 Å². The van der Waals surface area contributed by atoms with Gasteiger partial charge in [0.25, 0.3) is 0 Å². The molecule has 0 aliphatic rings. The predicted octanol–water partition coefficient (Wildman–Crippen LogP) is 4.22. The minimum absolute atomic E-state index is 0.545. The second kappa shape index (κ2) is 6.01. The van der Waals surface area contributed by atoms with Gasteiger partial charge < -0.3 is 19.2 Å². The number of rotatable bonds is 4. The summed E-state index contributed by atoms with van der Waals surface area (Å²) < 4.78 is 16.1. The molecular weight excluding hydrogens is 316 g/mol. The van der Waals surface area contributed by atoms with Crippen LogP contribution in [-0.4, -0.2) is 31.3 Å². The van der Waals surface area contributed by atoms with Gasteiger partial charge in [-0.05, 0) is 36.8 Å². The number of aryl methyl sites for hydroxylation is 1. The van der Waals surface area contributed by atoms with E-state index in [1.165, 1.54) is 0 Å². The summed E-state index contributed by atoms with van der Waals surface area (Å²) in [5.41, 5.74) is 3.52. The van der Waals surface area contributed by atoms with Gasteiger partial charge in [-0.3, -0.25) is 0 Å². The molecule has 0 aliphatic heterocycles. The van der Waals surface area contributed by atoms with Gasteiger partial charge in [0.2, 0.25) is 5.75 Å². The van der Waals surface area contributed by atoms with E-state index in [2.05, 4.69) is 9.97 Å². The van der Waals surface area contributed by atoms with Crippen molar-refractivity contribution in [3.05, 3.63) is 34.9 Å². The Labute approximate surface area is 139 Å². The number of hydrogen-bond acceptors (Lipinski definition) is 4. The largest absolute Gasteiger partial charge is 0.493 e. The Morgan fingerprint density at radius 3 is 2.17 bits per heavy atom. The molecule has 1 N–H and O–H groups in total. The van der Waals surface area contributed by atoms with Crippen LogP contribution >= 0.6 is 11.6 Å². The Kier molecular flexibility index (Phi) is 4.05. The molecule has 3 aromatic rings. The number of hydrogen-bond donors (Lipinski definition) is 1. The number of aromatic nitrogens is 2. The molecule has 120 valence electrons. The van der Waals surface area contributed by atoms with Crippen molar-refractivity contribution in [2.45, 2.75) is 6.92 Å². The van der Waals surface area contributed by atoms with Crippen molar-refractivity contribution >= 4 is 22.6 Å². The molecule has 1 aromatic heterocycles. The van der Waals surface area contributed by atoms with Crippen LogP contribution in [-0.2, 0) is 0 Å². The Bertz CT molecular complexity index is 849. The Balaban J connectivity index is 2.20. The molecule has 0 unspecified atom stereocenters. The van der Waals surface area contributed by atoms with Crippen LogP contribution in [0, 0.1) is 6.92 Å². The van der Waals surface area contributed by atoms with Gasteiger partial charge in [-0.25, -0.2) is 4.98 Å². The zero-order valence-electron chi connectivity index (χ0n) is 13.4. The van der Waals surface area contributed by atoms with Crippen molar-refractivity contribution in [1.29, 1.82) is 0 Å². The van der Waals surface area contributed by atoms with E-state index in [4.69, 9.17) is 25.8 Å². The molecule has 0 fully saturated rings. The first kappa shape index (κ1) is 15.5. The summed E-state index contributed by atoms with van der Waals surface area (Å²) in [6.45, 7) is 1.99. The maximum Gasteiger partial charge on any atom is 0.203 e. The first-order chi connectivity index (χ1) is 11.1. The third-order valence-corrected chi connectivity index (χ3v) is 3.91. The maximum absolute atomic E-state index is 6.28. The molecule has 3 rings (SSSR count). The lowest BCUT2D eigenvalue weighted by molar-refractivity contribution is 0.324. The number of fused-ring (bicyclic) bond motifs is 1. The third kappa shape index (κ3) is 2.68. The fourth-order valence-electron chi connectivity index (χ4n) is 2.57. The van der Waals surface area contributed by atoms with Crippen molar-refractivity contribution in [2.75, 3.05) is 21.3 Å². The van der Waals surface area contributed by atoms with E-state index < -0.39 is 0 Å². The summed E-state index contributed by atoms with van der Waals surface area (Å²) in [4.78, 5) is 7.88.